The molecule has 2 aliphatic rings. The van der Waals surface area contributed by atoms with Crippen LogP contribution in [-0.4, -0.2) is 50.8 Å². The highest BCUT2D eigenvalue weighted by Crippen LogP contribution is 2.21. The van der Waals surface area contributed by atoms with E-state index in [1.165, 1.54) is 5.56 Å². The van der Waals surface area contributed by atoms with Crippen molar-refractivity contribution in [3.05, 3.63) is 77.9 Å². The molecule has 1 amide bonds. The van der Waals surface area contributed by atoms with E-state index in [2.05, 4.69) is 44.6 Å². The molecule has 0 bridgehead atoms. The van der Waals surface area contributed by atoms with E-state index in [1.54, 1.807) is 12.4 Å². The van der Waals surface area contributed by atoms with Gasteiger partial charge in [-0.2, -0.15) is 5.10 Å². The van der Waals surface area contributed by atoms with Gasteiger partial charge >= 0.3 is 0 Å². The van der Waals surface area contributed by atoms with Crippen LogP contribution in [0.2, 0.25) is 0 Å². The lowest BCUT2D eigenvalue weighted by Gasteiger charge is -2.32. The summed E-state index contributed by atoms with van der Waals surface area (Å²) in [7, 11) is 0. The third-order valence-electron chi connectivity index (χ3n) is 6.03. The zero-order chi connectivity index (χ0) is 21.0. The van der Waals surface area contributed by atoms with Crippen LogP contribution < -0.4 is 10.1 Å². The summed E-state index contributed by atoms with van der Waals surface area (Å²) in [5.41, 5.74) is 2.88. The van der Waals surface area contributed by atoms with Crippen LogP contribution in [0.15, 0.2) is 60.9 Å². The summed E-state index contributed by atoms with van der Waals surface area (Å²) < 4.78 is 7.88. The Bertz CT molecular complexity index is 989. The lowest BCUT2D eigenvalue weighted by atomic mass is 10.0. The van der Waals surface area contributed by atoms with Crippen LogP contribution in [0.1, 0.15) is 34.6 Å². The van der Waals surface area contributed by atoms with E-state index in [1.807, 2.05) is 28.9 Å². The van der Waals surface area contributed by atoms with E-state index in [9.17, 15) is 4.79 Å². The maximum Gasteiger partial charge on any atom is 0.272 e. The van der Waals surface area contributed by atoms with E-state index >= 15 is 0 Å². The van der Waals surface area contributed by atoms with Crippen LogP contribution in [0.25, 0.3) is 0 Å². The van der Waals surface area contributed by atoms with Gasteiger partial charge in [0.2, 0.25) is 0 Å². The standard InChI is InChI=1S/C24H27N5O2/c30-24(26-19-8-12-28(13-9-19)16-18-4-2-1-3-5-18)23-15-20-14-22(17-29(20)27-23)31-21-6-10-25-11-7-21/h1-7,10-11,15,19,22H,8-9,12-14,16-17H2,(H,26,30)/t22-/m0/s1. The molecule has 1 aromatic carbocycles. The predicted molar refractivity (Wildman–Crippen MR) is 117 cm³/mol. The molecule has 7 nitrogen and oxygen atoms in total. The van der Waals surface area contributed by atoms with Gasteiger partial charge < -0.3 is 10.1 Å². The molecule has 31 heavy (non-hydrogen) atoms. The van der Waals surface area contributed by atoms with Crippen molar-refractivity contribution in [2.45, 2.75) is 44.5 Å². The van der Waals surface area contributed by atoms with E-state index in [0.29, 0.717) is 12.2 Å². The minimum atomic E-state index is -0.0741. The number of aromatic nitrogens is 3. The molecule has 3 aromatic rings. The highest BCUT2D eigenvalue weighted by atomic mass is 16.5. The summed E-state index contributed by atoms with van der Waals surface area (Å²) in [5, 5.41) is 7.70. The van der Waals surface area contributed by atoms with Crippen LogP contribution in [0.4, 0.5) is 0 Å². The molecular formula is C24H27N5O2. The van der Waals surface area contributed by atoms with Gasteiger partial charge in [-0.15, -0.1) is 0 Å². The van der Waals surface area contributed by atoms with Crippen molar-refractivity contribution in [2.24, 2.45) is 0 Å². The number of pyridine rings is 1. The maximum atomic E-state index is 12.7. The Kier molecular flexibility index (Phi) is 5.67. The van der Waals surface area contributed by atoms with Gasteiger partial charge in [-0.1, -0.05) is 30.3 Å². The first kappa shape index (κ1) is 19.8. The zero-order valence-corrected chi connectivity index (χ0v) is 17.5. The van der Waals surface area contributed by atoms with Crippen molar-refractivity contribution in [3.63, 3.8) is 0 Å². The highest BCUT2D eigenvalue weighted by molar-refractivity contribution is 5.92. The zero-order valence-electron chi connectivity index (χ0n) is 17.5. The van der Waals surface area contributed by atoms with Gasteiger partial charge in [0.25, 0.3) is 5.91 Å². The fourth-order valence-electron chi connectivity index (χ4n) is 4.40. The molecule has 2 aliphatic heterocycles. The number of rotatable bonds is 6. The number of carbonyl (C=O) groups excluding carboxylic acids is 1. The van der Waals surface area contributed by atoms with Gasteiger partial charge in [-0.05, 0) is 36.6 Å². The van der Waals surface area contributed by atoms with Crippen molar-refractivity contribution >= 4 is 5.91 Å². The molecule has 5 rings (SSSR count). The fraction of sp³-hybridized carbons (Fsp3) is 0.375. The SMILES string of the molecule is O=C(NC1CCN(Cc2ccccc2)CC1)c1cc2n(n1)C[C@@H](Oc1ccncc1)C2. The minimum absolute atomic E-state index is 0.0379. The number of likely N-dealkylation sites (tertiary alicyclic amines) is 1. The minimum Gasteiger partial charge on any atom is -0.488 e. The summed E-state index contributed by atoms with van der Waals surface area (Å²) in [6, 6.07) is 16.4. The predicted octanol–water partition coefficient (Wildman–Crippen LogP) is 2.68. The smallest absolute Gasteiger partial charge is 0.272 e. The van der Waals surface area contributed by atoms with E-state index < -0.39 is 0 Å². The molecule has 7 heteroatoms. The number of carbonyl (C=O) groups is 1. The number of fused-ring (bicyclic) bond motifs is 1. The average molecular weight is 418 g/mol. The third-order valence-corrected chi connectivity index (χ3v) is 6.03. The molecule has 0 spiro atoms. The van der Waals surface area contributed by atoms with E-state index in [0.717, 1.165) is 50.3 Å². The normalized spacial score (nSPS) is 19.2. The molecule has 0 aliphatic carbocycles. The molecule has 1 atom stereocenters. The molecule has 4 heterocycles. The number of amides is 1. The van der Waals surface area contributed by atoms with Crippen molar-refractivity contribution in [1.29, 1.82) is 0 Å². The molecule has 2 aromatic heterocycles. The Morgan fingerprint density at radius 3 is 2.61 bits per heavy atom. The lowest BCUT2D eigenvalue weighted by molar-refractivity contribution is 0.0902. The second kappa shape index (κ2) is 8.89. The van der Waals surface area contributed by atoms with Gasteiger partial charge in [-0.3, -0.25) is 19.4 Å². The van der Waals surface area contributed by atoms with Gasteiger partial charge in [-0.25, -0.2) is 0 Å². The summed E-state index contributed by atoms with van der Waals surface area (Å²) in [6.45, 7) is 3.61. The highest BCUT2D eigenvalue weighted by Gasteiger charge is 2.28. The Labute approximate surface area is 182 Å². The van der Waals surface area contributed by atoms with Crippen LogP contribution in [0.3, 0.4) is 0 Å². The first-order chi connectivity index (χ1) is 15.2. The van der Waals surface area contributed by atoms with Gasteiger partial charge in [0.1, 0.15) is 17.5 Å². The second-order valence-corrected chi connectivity index (χ2v) is 8.34. The largest absolute Gasteiger partial charge is 0.488 e. The van der Waals surface area contributed by atoms with Crippen LogP contribution >= 0.6 is 0 Å². The van der Waals surface area contributed by atoms with Gasteiger partial charge in [0, 0.05) is 50.2 Å². The van der Waals surface area contributed by atoms with Crippen molar-refractivity contribution in [3.8, 4) is 5.75 Å². The maximum absolute atomic E-state index is 12.7. The number of nitrogens with zero attached hydrogens (tertiary/aromatic N) is 4. The molecule has 0 radical (unpaired) electrons. The summed E-state index contributed by atoms with van der Waals surface area (Å²) in [4.78, 5) is 19.2. The second-order valence-electron chi connectivity index (χ2n) is 8.34. The van der Waals surface area contributed by atoms with Crippen molar-refractivity contribution in [2.75, 3.05) is 13.1 Å². The van der Waals surface area contributed by atoms with Crippen molar-refractivity contribution in [1.82, 2.24) is 25.0 Å². The number of piperidine rings is 1. The van der Waals surface area contributed by atoms with Crippen LogP contribution in [0, 0.1) is 0 Å². The summed E-state index contributed by atoms with van der Waals surface area (Å²) in [6.07, 6.45) is 6.16. The van der Waals surface area contributed by atoms with Crippen LogP contribution in [0.5, 0.6) is 5.75 Å². The Morgan fingerprint density at radius 2 is 1.87 bits per heavy atom. The Morgan fingerprint density at radius 1 is 1.10 bits per heavy atom. The number of hydrogen-bond donors (Lipinski definition) is 1. The lowest BCUT2D eigenvalue weighted by Crippen LogP contribution is -2.44. The average Bonchev–Trinajstić information content (AvgIpc) is 3.35. The number of hydrogen-bond acceptors (Lipinski definition) is 5. The van der Waals surface area contributed by atoms with E-state index in [4.69, 9.17) is 4.74 Å². The molecular weight excluding hydrogens is 390 g/mol. The fourth-order valence-corrected chi connectivity index (χ4v) is 4.40. The van der Waals surface area contributed by atoms with Gasteiger partial charge in [0.15, 0.2) is 0 Å². The first-order valence-corrected chi connectivity index (χ1v) is 10.9. The number of ether oxygens (including phenoxy) is 1. The van der Waals surface area contributed by atoms with Gasteiger partial charge in [0.05, 0.1) is 6.54 Å². The topological polar surface area (TPSA) is 72.3 Å². The van der Waals surface area contributed by atoms with Crippen LogP contribution in [-0.2, 0) is 19.5 Å². The molecule has 1 fully saturated rings. The Balaban J connectivity index is 1.10. The molecule has 160 valence electrons. The Hall–Kier alpha value is -3.19. The van der Waals surface area contributed by atoms with E-state index in [-0.39, 0.29) is 18.1 Å². The summed E-state index contributed by atoms with van der Waals surface area (Å²) in [5.74, 6) is 0.734. The molecule has 0 unspecified atom stereocenters. The molecule has 0 saturated carbocycles. The third kappa shape index (κ3) is 4.77. The monoisotopic (exact) mass is 417 g/mol. The number of nitrogens with one attached hydrogen (secondary N) is 1. The number of benzene rings is 1. The quantitative estimate of drug-likeness (QED) is 0.668. The van der Waals surface area contributed by atoms with Crippen molar-refractivity contribution < 1.29 is 9.53 Å². The first-order valence-electron chi connectivity index (χ1n) is 10.9. The molecule has 1 saturated heterocycles. The molecule has 1 N–H and O–H groups in total. The summed E-state index contributed by atoms with van der Waals surface area (Å²) >= 11 is 0.